The molecule has 2 aromatic rings. The highest BCUT2D eigenvalue weighted by molar-refractivity contribution is 6.06. The highest BCUT2D eigenvalue weighted by atomic mass is 16.5. The van der Waals surface area contributed by atoms with Crippen molar-refractivity contribution in [2.24, 2.45) is 0 Å². The van der Waals surface area contributed by atoms with Crippen molar-refractivity contribution < 1.29 is 9.32 Å². The number of carbonyl (C=O) groups excluding carboxylic acids is 1. The molecule has 0 spiro atoms. The molecule has 0 radical (unpaired) electrons. The first-order chi connectivity index (χ1) is 12.2. The van der Waals surface area contributed by atoms with Crippen LogP contribution in [0.4, 0.5) is 0 Å². The van der Waals surface area contributed by atoms with Crippen LogP contribution in [0, 0.1) is 6.92 Å². The molecule has 6 nitrogen and oxygen atoms in total. The summed E-state index contributed by atoms with van der Waals surface area (Å²) in [4.78, 5) is 22.3. The number of likely N-dealkylation sites (tertiary alicyclic amines) is 1. The van der Waals surface area contributed by atoms with Crippen LogP contribution in [0.15, 0.2) is 22.7 Å². The molecular weight excluding hydrogens is 316 g/mol. The molecule has 1 aliphatic carbocycles. The lowest BCUT2D eigenvalue weighted by molar-refractivity contribution is 0.0782. The number of nitrogens with zero attached hydrogens (tertiary/aromatic N) is 4. The number of carbonyl (C=O) groups is 1. The van der Waals surface area contributed by atoms with Gasteiger partial charge in [0, 0.05) is 43.8 Å². The van der Waals surface area contributed by atoms with Crippen LogP contribution in [-0.4, -0.2) is 58.1 Å². The number of pyridine rings is 1. The standard InChI is InChI=1S/C19H22N4O2/c1-12-17-15(10-16(13-4-5-13)20-18(17)25-21-12)19(24)23-9-6-14(11-23)22-7-2-3-8-22/h2-3,10,13-14H,4-9,11H2,1H3/t14-/m1/s1. The Morgan fingerprint density at radius 3 is 2.80 bits per heavy atom. The Kier molecular flexibility index (Phi) is 3.41. The minimum atomic E-state index is 0.0928. The quantitative estimate of drug-likeness (QED) is 0.805. The molecule has 25 heavy (non-hydrogen) atoms. The van der Waals surface area contributed by atoms with Crippen LogP contribution in [0.5, 0.6) is 0 Å². The summed E-state index contributed by atoms with van der Waals surface area (Å²) in [5.74, 6) is 0.568. The first kappa shape index (κ1) is 15.1. The van der Waals surface area contributed by atoms with E-state index in [1.54, 1.807) is 0 Å². The molecule has 0 bridgehead atoms. The van der Waals surface area contributed by atoms with Crippen LogP contribution >= 0.6 is 0 Å². The van der Waals surface area contributed by atoms with E-state index in [9.17, 15) is 4.79 Å². The van der Waals surface area contributed by atoms with Gasteiger partial charge in [0.2, 0.25) is 0 Å². The second-order valence-corrected chi connectivity index (χ2v) is 7.44. The van der Waals surface area contributed by atoms with Gasteiger partial charge >= 0.3 is 0 Å². The van der Waals surface area contributed by atoms with Crippen molar-refractivity contribution in [3.05, 3.63) is 35.2 Å². The molecule has 2 aromatic heterocycles. The van der Waals surface area contributed by atoms with Crippen LogP contribution in [-0.2, 0) is 0 Å². The molecule has 5 rings (SSSR count). The Balaban J connectivity index is 1.46. The average molecular weight is 338 g/mol. The minimum absolute atomic E-state index is 0.0928. The van der Waals surface area contributed by atoms with Crippen molar-refractivity contribution >= 4 is 17.0 Å². The van der Waals surface area contributed by atoms with E-state index in [-0.39, 0.29) is 5.91 Å². The summed E-state index contributed by atoms with van der Waals surface area (Å²) in [6.45, 7) is 5.50. The topological polar surface area (TPSA) is 62.5 Å². The third kappa shape index (κ3) is 2.56. The average Bonchev–Trinajstić information content (AvgIpc) is 3.03. The van der Waals surface area contributed by atoms with Gasteiger partial charge in [-0.3, -0.25) is 9.69 Å². The molecule has 0 N–H and O–H groups in total. The molecule has 6 heteroatoms. The van der Waals surface area contributed by atoms with Crippen LogP contribution < -0.4 is 0 Å². The maximum atomic E-state index is 13.3. The lowest BCUT2D eigenvalue weighted by Crippen LogP contribution is -2.37. The molecule has 1 atom stereocenters. The van der Waals surface area contributed by atoms with Gasteiger partial charge in [-0.25, -0.2) is 4.98 Å². The number of fused-ring (bicyclic) bond motifs is 1. The van der Waals surface area contributed by atoms with Gasteiger partial charge < -0.3 is 9.42 Å². The fraction of sp³-hybridized carbons (Fsp3) is 0.526. The van der Waals surface area contributed by atoms with E-state index in [2.05, 4.69) is 27.2 Å². The predicted octanol–water partition coefficient (Wildman–Crippen LogP) is 2.49. The second kappa shape index (κ2) is 5.66. The number of hydrogen-bond donors (Lipinski definition) is 0. The summed E-state index contributed by atoms with van der Waals surface area (Å²) in [7, 11) is 0. The van der Waals surface area contributed by atoms with E-state index < -0.39 is 0 Å². The molecule has 1 amide bonds. The van der Waals surface area contributed by atoms with Crippen LogP contribution in [0.2, 0.25) is 0 Å². The first-order valence-electron chi connectivity index (χ1n) is 9.16. The van der Waals surface area contributed by atoms with Crippen molar-refractivity contribution in [1.29, 1.82) is 0 Å². The zero-order chi connectivity index (χ0) is 17.0. The zero-order valence-electron chi connectivity index (χ0n) is 14.4. The highest BCUT2D eigenvalue weighted by Crippen LogP contribution is 2.40. The van der Waals surface area contributed by atoms with Gasteiger partial charge in [-0.05, 0) is 32.3 Å². The first-order valence-corrected chi connectivity index (χ1v) is 9.16. The smallest absolute Gasteiger partial charge is 0.259 e. The fourth-order valence-corrected chi connectivity index (χ4v) is 4.06. The van der Waals surface area contributed by atoms with Crippen LogP contribution in [0.3, 0.4) is 0 Å². The molecule has 3 aliphatic rings. The van der Waals surface area contributed by atoms with Gasteiger partial charge in [0.25, 0.3) is 11.6 Å². The summed E-state index contributed by atoms with van der Waals surface area (Å²) >= 11 is 0. The van der Waals surface area contributed by atoms with Gasteiger partial charge in [0.15, 0.2) is 0 Å². The summed E-state index contributed by atoms with van der Waals surface area (Å²) in [6.07, 6.45) is 7.75. The Bertz CT molecular complexity index is 860. The molecule has 0 unspecified atom stereocenters. The maximum Gasteiger partial charge on any atom is 0.259 e. The third-order valence-electron chi connectivity index (χ3n) is 5.68. The number of aryl methyl sites for hydroxylation is 1. The predicted molar refractivity (Wildman–Crippen MR) is 93.5 cm³/mol. The fourth-order valence-electron chi connectivity index (χ4n) is 4.06. The Hall–Kier alpha value is -2.21. The molecule has 1 saturated heterocycles. The van der Waals surface area contributed by atoms with E-state index in [1.165, 1.54) is 0 Å². The Morgan fingerprint density at radius 1 is 1.24 bits per heavy atom. The largest absolute Gasteiger partial charge is 0.337 e. The van der Waals surface area contributed by atoms with E-state index in [0.29, 0.717) is 23.2 Å². The van der Waals surface area contributed by atoms with E-state index in [4.69, 9.17) is 4.52 Å². The zero-order valence-corrected chi connectivity index (χ0v) is 14.4. The van der Waals surface area contributed by atoms with Gasteiger partial charge in [0.05, 0.1) is 16.6 Å². The van der Waals surface area contributed by atoms with E-state index in [0.717, 1.165) is 62.2 Å². The molecular formula is C19H22N4O2. The van der Waals surface area contributed by atoms with E-state index in [1.807, 2.05) is 17.9 Å². The number of amides is 1. The molecule has 0 aromatic carbocycles. The van der Waals surface area contributed by atoms with Crippen LogP contribution in [0.1, 0.15) is 46.9 Å². The third-order valence-corrected chi connectivity index (χ3v) is 5.68. The van der Waals surface area contributed by atoms with Gasteiger partial charge in [-0.1, -0.05) is 17.3 Å². The van der Waals surface area contributed by atoms with Crippen molar-refractivity contribution in [3.8, 4) is 0 Å². The van der Waals surface area contributed by atoms with Gasteiger partial charge in [0.1, 0.15) is 0 Å². The van der Waals surface area contributed by atoms with Crippen molar-refractivity contribution in [3.63, 3.8) is 0 Å². The van der Waals surface area contributed by atoms with Crippen molar-refractivity contribution in [1.82, 2.24) is 19.9 Å². The Labute approximate surface area is 146 Å². The van der Waals surface area contributed by atoms with Gasteiger partial charge in [-0.15, -0.1) is 0 Å². The number of rotatable bonds is 3. The molecule has 4 heterocycles. The van der Waals surface area contributed by atoms with Crippen LogP contribution in [0.25, 0.3) is 11.1 Å². The normalized spacial score (nSPS) is 23.9. The molecule has 1 saturated carbocycles. The highest BCUT2D eigenvalue weighted by Gasteiger charge is 2.34. The minimum Gasteiger partial charge on any atom is -0.337 e. The SMILES string of the molecule is Cc1noc2nc(C3CC3)cc(C(=O)N3CC[C@@H](N4CC=CC4)C3)c12. The Morgan fingerprint density at radius 2 is 2.04 bits per heavy atom. The van der Waals surface area contributed by atoms with Gasteiger partial charge in [-0.2, -0.15) is 0 Å². The summed E-state index contributed by atoms with van der Waals surface area (Å²) in [5.41, 5.74) is 2.94. The van der Waals surface area contributed by atoms with E-state index >= 15 is 0 Å². The second-order valence-electron chi connectivity index (χ2n) is 7.44. The lowest BCUT2D eigenvalue weighted by atomic mass is 10.1. The lowest BCUT2D eigenvalue weighted by Gasteiger charge is -2.23. The van der Waals surface area contributed by atoms with Crippen molar-refractivity contribution in [2.45, 2.75) is 38.1 Å². The maximum absolute atomic E-state index is 13.3. The molecule has 130 valence electrons. The number of aromatic nitrogens is 2. The molecule has 2 fully saturated rings. The molecule has 2 aliphatic heterocycles. The summed E-state index contributed by atoms with van der Waals surface area (Å²) < 4.78 is 5.37. The number of hydrogen-bond acceptors (Lipinski definition) is 5. The summed E-state index contributed by atoms with van der Waals surface area (Å²) in [6, 6.07) is 2.44. The monoisotopic (exact) mass is 338 g/mol. The van der Waals surface area contributed by atoms with Crippen molar-refractivity contribution in [2.75, 3.05) is 26.2 Å². The summed E-state index contributed by atoms with van der Waals surface area (Å²) in [5, 5.41) is 4.82.